The summed E-state index contributed by atoms with van der Waals surface area (Å²) in [5.74, 6) is 0.0515. The van der Waals surface area contributed by atoms with E-state index in [9.17, 15) is 4.79 Å². The molecule has 0 saturated carbocycles. The lowest BCUT2D eigenvalue weighted by Gasteiger charge is -2.22. The monoisotopic (exact) mass is 377 g/mol. The molecule has 6 nitrogen and oxygen atoms in total. The van der Waals surface area contributed by atoms with Crippen LogP contribution < -0.4 is 5.32 Å². The van der Waals surface area contributed by atoms with Gasteiger partial charge in [0, 0.05) is 50.2 Å². The minimum Gasteiger partial charge on any atom is -0.338 e. The molecule has 0 atom stereocenters. The fourth-order valence-electron chi connectivity index (χ4n) is 3.97. The van der Waals surface area contributed by atoms with Gasteiger partial charge in [0.2, 0.25) is 0 Å². The molecule has 1 amide bonds. The van der Waals surface area contributed by atoms with Crippen molar-refractivity contribution in [3.8, 4) is 5.69 Å². The van der Waals surface area contributed by atoms with Crippen LogP contribution in [0, 0.1) is 20.8 Å². The molecule has 2 aromatic heterocycles. The number of carbonyl (C=O) groups is 1. The predicted octanol–water partition coefficient (Wildman–Crippen LogP) is 2.97. The summed E-state index contributed by atoms with van der Waals surface area (Å²) in [6.07, 6.45) is 0. The number of para-hydroxylation sites is 1. The second-order valence-electron chi connectivity index (χ2n) is 7.55. The summed E-state index contributed by atoms with van der Waals surface area (Å²) in [7, 11) is 1.87. The van der Waals surface area contributed by atoms with E-state index in [1.165, 1.54) is 11.3 Å². The van der Waals surface area contributed by atoms with Gasteiger partial charge in [-0.3, -0.25) is 4.79 Å². The van der Waals surface area contributed by atoms with Gasteiger partial charge in [-0.1, -0.05) is 18.2 Å². The Labute approximate surface area is 165 Å². The molecule has 0 unspecified atom stereocenters. The van der Waals surface area contributed by atoms with Crippen molar-refractivity contribution >= 4 is 5.91 Å². The minimum atomic E-state index is 0.0515. The van der Waals surface area contributed by atoms with Gasteiger partial charge in [-0.25, -0.2) is 4.68 Å². The lowest BCUT2D eigenvalue weighted by Crippen LogP contribution is -2.33. The van der Waals surface area contributed by atoms with Gasteiger partial charge in [0.25, 0.3) is 5.91 Å². The Balaban J connectivity index is 1.60. The summed E-state index contributed by atoms with van der Waals surface area (Å²) in [6, 6.07) is 12.2. The van der Waals surface area contributed by atoms with Crippen molar-refractivity contribution in [1.82, 2.24) is 24.6 Å². The van der Waals surface area contributed by atoms with Crippen molar-refractivity contribution < 1.29 is 4.79 Å². The maximum absolute atomic E-state index is 13.1. The predicted molar refractivity (Wildman–Crippen MR) is 110 cm³/mol. The van der Waals surface area contributed by atoms with Gasteiger partial charge in [0.1, 0.15) is 5.69 Å². The molecule has 3 aromatic rings. The molecule has 0 aliphatic carbocycles. The number of fused-ring (bicyclic) bond motifs is 1. The van der Waals surface area contributed by atoms with E-state index in [0.717, 1.165) is 48.0 Å². The van der Waals surface area contributed by atoms with Gasteiger partial charge >= 0.3 is 0 Å². The van der Waals surface area contributed by atoms with Gasteiger partial charge in [0.05, 0.1) is 11.4 Å². The molecule has 3 heterocycles. The number of rotatable bonds is 4. The summed E-state index contributed by atoms with van der Waals surface area (Å²) in [5.41, 5.74) is 7.33. The number of carbonyl (C=O) groups excluding carboxylic acids is 1. The number of aromatic nitrogens is 3. The molecule has 0 bridgehead atoms. The Morgan fingerprint density at radius 3 is 2.75 bits per heavy atom. The normalized spacial score (nSPS) is 13.4. The second kappa shape index (κ2) is 7.28. The molecule has 1 aromatic carbocycles. The van der Waals surface area contributed by atoms with Crippen LogP contribution in [0.15, 0.2) is 36.4 Å². The summed E-state index contributed by atoms with van der Waals surface area (Å²) in [5, 5.41) is 8.10. The third kappa shape index (κ3) is 3.14. The fourth-order valence-corrected chi connectivity index (χ4v) is 3.97. The zero-order chi connectivity index (χ0) is 19.8. The van der Waals surface area contributed by atoms with Crippen LogP contribution >= 0.6 is 0 Å². The first-order chi connectivity index (χ1) is 13.5. The van der Waals surface area contributed by atoms with Crippen LogP contribution in [0.5, 0.6) is 0 Å². The number of hydrogen-bond donors (Lipinski definition) is 1. The third-order valence-corrected chi connectivity index (χ3v) is 5.64. The van der Waals surface area contributed by atoms with E-state index in [0.29, 0.717) is 6.54 Å². The van der Waals surface area contributed by atoms with E-state index >= 15 is 0 Å². The molecule has 0 radical (unpaired) electrons. The lowest BCUT2D eigenvalue weighted by atomic mass is 10.1. The molecule has 0 saturated heterocycles. The van der Waals surface area contributed by atoms with Gasteiger partial charge in [-0.2, -0.15) is 5.10 Å². The zero-order valence-corrected chi connectivity index (χ0v) is 17.0. The van der Waals surface area contributed by atoms with Crippen molar-refractivity contribution in [1.29, 1.82) is 0 Å². The Morgan fingerprint density at radius 1 is 1.18 bits per heavy atom. The van der Waals surface area contributed by atoms with Gasteiger partial charge in [-0.05, 0) is 44.5 Å². The fraction of sp³-hybridized carbons (Fsp3) is 0.364. The third-order valence-electron chi connectivity index (χ3n) is 5.64. The van der Waals surface area contributed by atoms with E-state index in [4.69, 9.17) is 5.10 Å². The van der Waals surface area contributed by atoms with Crippen molar-refractivity contribution in [2.75, 3.05) is 13.6 Å². The van der Waals surface area contributed by atoms with Crippen molar-refractivity contribution in [2.45, 2.75) is 40.4 Å². The maximum atomic E-state index is 13.1. The van der Waals surface area contributed by atoms with Gasteiger partial charge in [0.15, 0.2) is 0 Å². The minimum absolute atomic E-state index is 0.0515. The van der Waals surface area contributed by atoms with Crippen LogP contribution in [-0.2, 0) is 19.6 Å². The second-order valence-corrected chi connectivity index (χ2v) is 7.55. The Bertz CT molecular complexity index is 1030. The van der Waals surface area contributed by atoms with Gasteiger partial charge < -0.3 is 14.8 Å². The molecule has 1 N–H and O–H groups in total. The largest absolute Gasteiger partial charge is 0.338 e. The summed E-state index contributed by atoms with van der Waals surface area (Å²) in [4.78, 5) is 14.9. The molecule has 0 spiro atoms. The van der Waals surface area contributed by atoms with Crippen LogP contribution in [0.3, 0.4) is 0 Å². The molecule has 1 aliphatic rings. The first-order valence-electron chi connectivity index (χ1n) is 9.73. The number of benzene rings is 1. The zero-order valence-electron chi connectivity index (χ0n) is 17.0. The highest BCUT2D eigenvalue weighted by Crippen LogP contribution is 2.22. The smallest absolute Gasteiger partial charge is 0.270 e. The van der Waals surface area contributed by atoms with Crippen LogP contribution in [-0.4, -0.2) is 38.7 Å². The topological polar surface area (TPSA) is 55.1 Å². The SMILES string of the molecule is Cc1ccccc1-n1nc(C)c(CN(C)C(=O)c2ccc3n2CCNC3)c1C. The van der Waals surface area contributed by atoms with Crippen LogP contribution in [0.1, 0.15) is 38.7 Å². The summed E-state index contributed by atoms with van der Waals surface area (Å²) < 4.78 is 4.12. The molecule has 0 fully saturated rings. The molecular formula is C22H27N5O. The van der Waals surface area contributed by atoms with Crippen molar-refractivity contribution in [3.05, 3.63) is 70.3 Å². The van der Waals surface area contributed by atoms with Crippen molar-refractivity contribution in [3.63, 3.8) is 0 Å². The molecule has 28 heavy (non-hydrogen) atoms. The molecule has 146 valence electrons. The summed E-state index contributed by atoms with van der Waals surface area (Å²) >= 11 is 0. The molecule has 4 rings (SSSR count). The first kappa shape index (κ1) is 18.5. The van der Waals surface area contributed by atoms with Crippen LogP contribution in [0.4, 0.5) is 0 Å². The van der Waals surface area contributed by atoms with E-state index in [-0.39, 0.29) is 5.91 Å². The van der Waals surface area contributed by atoms with E-state index in [1.807, 2.05) is 42.9 Å². The quantitative estimate of drug-likeness (QED) is 0.761. The van der Waals surface area contributed by atoms with Crippen LogP contribution in [0.25, 0.3) is 5.69 Å². The average molecular weight is 377 g/mol. The number of aryl methyl sites for hydroxylation is 2. The number of nitrogens with one attached hydrogen (secondary N) is 1. The van der Waals surface area contributed by atoms with Gasteiger partial charge in [-0.15, -0.1) is 0 Å². The summed E-state index contributed by atoms with van der Waals surface area (Å²) in [6.45, 7) is 9.27. The first-order valence-corrected chi connectivity index (χ1v) is 9.73. The maximum Gasteiger partial charge on any atom is 0.270 e. The molecular weight excluding hydrogens is 350 g/mol. The van der Waals surface area contributed by atoms with E-state index in [2.05, 4.69) is 35.9 Å². The number of hydrogen-bond acceptors (Lipinski definition) is 3. The lowest BCUT2D eigenvalue weighted by molar-refractivity contribution is 0.0773. The average Bonchev–Trinajstić information content (AvgIpc) is 3.24. The number of amides is 1. The highest BCUT2D eigenvalue weighted by atomic mass is 16.2. The van der Waals surface area contributed by atoms with Crippen molar-refractivity contribution in [2.24, 2.45) is 0 Å². The Hall–Kier alpha value is -2.86. The highest BCUT2D eigenvalue weighted by Gasteiger charge is 2.22. The number of nitrogens with zero attached hydrogens (tertiary/aromatic N) is 4. The Kier molecular flexibility index (Phi) is 4.81. The van der Waals surface area contributed by atoms with E-state index < -0.39 is 0 Å². The molecule has 1 aliphatic heterocycles. The molecule has 6 heteroatoms. The van der Waals surface area contributed by atoms with E-state index in [1.54, 1.807) is 4.90 Å². The van der Waals surface area contributed by atoms with Crippen LogP contribution in [0.2, 0.25) is 0 Å². The standard InChI is InChI=1S/C22H27N5O/c1-15-7-5-6-8-20(15)27-17(3)19(16(2)24-27)14-25(4)22(28)21-10-9-18-13-23-11-12-26(18)21/h5-10,23H,11-14H2,1-4H3. The highest BCUT2D eigenvalue weighted by molar-refractivity contribution is 5.92. The Morgan fingerprint density at radius 2 is 1.96 bits per heavy atom.